The first-order valence-corrected chi connectivity index (χ1v) is 5.74. The fourth-order valence-electron chi connectivity index (χ4n) is 1.54. The molecule has 0 amide bonds. The number of carbonyl (C=O) groups excluding carboxylic acids is 1. The van der Waals surface area contributed by atoms with E-state index >= 15 is 0 Å². The van der Waals surface area contributed by atoms with E-state index in [0.717, 1.165) is 5.56 Å². The van der Waals surface area contributed by atoms with Crippen molar-refractivity contribution in [3.63, 3.8) is 0 Å². The van der Waals surface area contributed by atoms with Crippen LogP contribution in [-0.2, 0) is 9.53 Å². The molecule has 0 aliphatic carbocycles. The summed E-state index contributed by atoms with van der Waals surface area (Å²) in [7, 11) is 0. The molecule has 0 saturated heterocycles. The summed E-state index contributed by atoms with van der Waals surface area (Å²) >= 11 is 0. The van der Waals surface area contributed by atoms with Crippen LogP contribution < -0.4 is 10.9 Å². The van der Waals surface area contributed by atoms with Crippen LogP contribution in [0.4, 0.5) is 0 Å². The molecule has 6 nitrogen and oxygen atoms in total. The molecule has 0 spiro atoms. The van der Waals surface area contributed by atoms with E-state index < -0.39 is 5.97 Å². The summed E-state index contributed by atoms with van der Waals surface area (Å²) in [5.41, 5.74) is 6.22. The lowest BCUT2D eigenvalue weighted by Gasteiger charge is -2.02. The monoisotopic (exact) mass is 256 g/mol. The van der Waals surface area contributed by atoms with E-state index in [0.29, 0.717) is 5.84 Å². The Morgan fingerprint density at radius 1 is 1.37 bits per heavy atom. The number of ether oxygens (including phenoxy) is 1. The minimum atomic E-state index is -0.688. The molecule has 1 aromatic carbocycles. The first kappa shape index (κ1) is 12.6. The van der Waals surface area contributed by atoms with Crippen LogP contribution in [0, 0.1) is 11.3 Å². The van der Waals surface area contributed by atoms with Crippen LogP contribution in [0.2, 0.25) is 0 Å². The van der Waals surface area contributed by atoms with Gasteiger partial charge in [-0.05, 0) is 6.92 Å². The number of carbonyl (C=O) groups is 1. The van der Waals surface area contributed by atoms with Crippen LogP contribution in [0.5, 0.6) is 0 Å². The van der Waals surface area contributed by atoms with Crippen molar-refractivity contribution in [3.05, 3.63) is 47.3 Å². The van der Waals surface area contributed by atoms with Gasteiger partial charge in [0.1, 0.15) is 6.07 Å². The maximum atomic E-state index is 11.6. The summed E-state index contributed by atoms with van der Waals surface area (Å²) in [5.74, 6) is 0.0276. The predicted molar refractivity (Wildman–Crippen MR) is 68.5 cm³/mol. The van der Waals surface area contributed by atoms with E-state index in [2.05, 4.69) is 15.8 Å². The zero-order valence-electron chi connectivity index (χ0n) is 10.3. The van der Waals surface area contributed by atoms with E-state index in [1.807, 2.05) is 30.3 Å². The molecule has 6 heteroatoms. The molecule has 96 valence electrons. The van der Waals surface area contributed by atoms with Crippen molar-refractivity contribution in [3.8, 4) is 6.07 Å². The Morgan fingerprint density at radius 2 is 2.11 bits per heavy atom. The first-order valence-electron chi connectivity index (χ1n) is 5.74. The summed E-state index contributed by atoms with van der Waals surface area (Å²) in [6.45, 7) is 1.89. The van der Waals surface area contributed by atoms with Gasteiger partial charge < -0.3 is 4.74 Å². The summed E-state index contributed by atoms with van der Waals surface area (Å²) in [5, 5.41) is 8.99. The summed E-state index contributed by atoms with van der Waals surface area (Å²) in [4.78, 5) is 15.7. The second kappa shape index (κ2) is 5.69. The Morgan fingerprint density at radius 3 is 2.74 bits per heavy atom. The van der Waals surface area contributed by atoms with Crippen molar-refractivity contribution in [2.75, 3.05) is 6.61 Å². The average Bonchev–Trinajstić information content (AvgIpc) is 2.90. The third kappa shape index (κ3) is 2.72. The number of benzene rings is 1. The van der Waals surface area contributed by atoms with Crippen LogP contribution in [0.25, 0.3) is 0 Å². The van der Waals surface area contributed by atoms with E-state index in [1.54, 1.807) is 13.0 Å². The van der Waals surface area contributed by atoms with Gasteiger partial charge in [0, 0.05) is 5.56 Å². The Balaban J connectivity index is 2.31. The first-order chi connectivity index (χ1) is 9.26. The van der Waals surface area contributed by atoms with E-state index in [9.17, 15) is 4.79 Å². The van der Waals surface area contributed by atoms with Crippen molar-refractivity contribution >= 4 is 11.8 Å². The molecule has 1 aliphatic heterocycles. The normalized spacial score (nSPS) is 15.7. The van der Waals surface area contributed by atoms with E-state index in [1.165, 1.54) is 0 Å². The number of hydrogen-bond acceptors (Lipinski definition) is 6. The van der Waals surface area contributed by atoms with Gasteiger partial charge in [-0.25, -0.2) is 9.79 Å². The Labute approximate surface area is 110 Å². The quantitative estimate of drug-likeness (QED) is 0.475. The number of aliphatic imine (C=N–C) groups is 1. The molecule has 2 rings (SSSR count). The van der Waals surface area contributed by atoms with Gasteiger partial charge in [0.15, 0.2) is 17.2 Å². The second-order valence-electron chi connectivity index (χ2n) is 3.63. The maximum absolute atomic E-state index is 11.6. The maximum Gasteiger partial charge on any atom is 0.352 e. The van der Waals surface area contributed by atoms with E-state index in [-0.39, 0.29) is 18.0 Å². The second-order valence-corrected chi connectivity index (χ2v) is 3.63. The minimum absolute atomic E-state index is 0.153. The van der Waals surface area contributed by atoms with Crippen molar-refractivity contribution < 1.29 is 9.53 Å². The van der Waals surface area contributed by atoms with Gasteiger partial charge >= 0.3 is 5.97 Å². The molecule has 1 aromatic rings. The van der Waals surface area contributed by atoms with Crippen LogP contribution in [0.1, 0.15) is 12.5 Å². The highest BCUT2D eigenvalue weighted by Gasteiger charge is 2.21. The number of esters is 1. The lowest BCUT2D eigenvalue weighted by Crippen LogP contribution is -2.30. The van der Waals surface area contributed by atoms with Crippen molar-refractivity contribution in [1.29, 1.82) is 5.26 Å². The van der Waals surface area contributed by atoms with Crippen LogP contribution in [0.3, 0.4) is 0 Å². The fraction of sp³-hybridized carbons (Fsp3) is 0.154. The molecule has 1 aliphatic rings. The molecule has 0 radical (unpaired) electrons. The fourth-order valence-corrected chi connectivity index (χ4v) is 1.54. The Bertz CT molecular complexity index is 584. The standard InChI is InChI=1S/C13H12N4O2/c1-2-19-13(18)10(8-14)12-15-11(16-17-12)9-6-4-3-5-7-9/h3-7,17H,2H2,1H3,(H,15,16)/b12-10+. The number of rotatable bonds is 3. The molecule has 0 unspecified atom stereocenters. The Hall–Kier alpha value is -2.81. The highest BCUT2D eigenvalue weighted by Crippen LogP contribution is 2.11. The largest absolute Gasteiger partial charge is 0.462 e. The molecule has 0 fully saturated rings. The lowest BCUT2D eigenvalue weighted by molar-refractivity contribution is -0.138. The Kier molecular flexibility index (Phi) is 3.78. The predicted octanol–water partition coefficient (Wildman–Crippen LogP) is 0.839. The molecule has 0 atom stereocenters. The third-order valence-electron chi connectivity index (χ3n) is 2.40. The number of nitrogens with zero attached hydrogens (tertiary/aromatic N) is 2. The summed E-state index contributed by atoms with van der Waals surface area (Å²) < 4.78 is 4.79. The van der Waals surface area contributed by atoms with Crippen molar-refractivity contribution in [2.24, 2.45) is 4.99 Å². The van der Waals surface area contributed by atoms with Crippen LogP contribution in [0.15, 0.2) is 46.7 Å². The minimum Gasteiger partial charge on any atom is -0.462 e. The number of nitrogens with one attached hydrogen (secondary N) is 2. The average molecular weight is 256 g/mol. The number of hydrazine groups is 1. The van der Waals surface area contributed by atoms with Gasteiger partial charge in [-0.2, -0.15) is 5.26 Å². The topological polar surface area (TPSA) is 86.5 Å². The third-order valence-corrected chi connectivity index (χ3v) is 2.40. The molecule has 0 bridgehead atoms. The summed E-state index contributed by atoms with van der Waals surface area (Å²) in [6, 6.07) is 11.2. The highest BCUT2D eigenvalue weighted by molar-refractivity contribution is 6.02. The smallest absolute Gasteiger partial charge is 0.352 e. The van der Waals surface area contributed by atoms with Crippen LogP contribution in [-0.4, -0.2) is 18.4 Å². The molecule has 2 N–H and O–H groups in total. The van der Waals surface area contributed by atoms with E-state index in [4.69, 9.17) is 10.00 Å². The van der Waals surface area contributed by atoms with Gasteiger partial charge in [-0.15, -0.1) is 0 Å². The van der Waals surface area contributed by atoms with Crippen LogP contribution >= 0.6 is 0 Å². The molecule has 19 heavy (non-hydrogen) atoms. The van der Waals surface area contributed by atoms with Gasteiger partial charge in [-0.3, -0.25) is 10.9 Å². The van der Waals surface area contributed by atoms with Gasteiger partial charge in [-0.1, -0.05) is 30.3 Å². The molecule has 0 aromatic heterocycles. The van der Waals surface area contributed by atoms with Crippen molar-refractivity contribution in [2.45, 2.75) is 6.92 Å². The number of amidine groups is 1. The highest BCUT2D eigenvalue weighted by atomic mass is 16.5. The SMILES string of the molecule is CCOC(=O)/C(C#N)=C1\N=C(c2ccccc2)NN1. The molecular weight excluding hydrogens is 244 g/mol. The van der Waals surface area contributed by atoms with Crippen molar-refractivity contribution in [1.82, 2.24) is 10.9 Å². The van der Waals surface area contributed by atoms with Gasteiger partial charge in [0.25, 0.3) is 0 Å². The zero-order valence-corrected chi connectivity index (χ0v) is 10.3. The molecular formula is C13H12N4O2. The number of nitriles is 1. The molecule has 0 saturated carbocycles. The molecule has 1 heterocycles. The number of hydrogen-bond donors (Lipinski definition) is 2. The van der Waals surface area contributed by atoms with Gasteiger partial charge in [0.2, 0.25) is 0 Å². The van der Waals surface area contributed by atoms with Gasteiger partial charge in [0.05, 0.1) is 6.61 Å². The summed E-state index contributed by atoms with van der Waals surface area (Å²) in [6.07, 6.45) is 0. The zero-order chi connectivity index (χ0) is 13.7. The lowest BCUT2D eigenvalue weighted by atomic mass is 10.2.